The van der Waals surface area contributed by atoms with E-state index in [1.165, 1.54) is 39.0 Å². The van der Waals surface area contributed by atoms with E-state index in [0.717, 1.165) is 24.4 Å². The van der Waals surface area contributed by atoms with Crippen LogP contribution < -0.4 is 0 Å². The maximum atomic E-state index is 5.86. The van der Waals surface area contributed by atoms with Gasteiger partial charge < -0.3 is 4.42 Å². The van der Waals surface area contributed by atoms with E-state index >= 15 is 0 Å². The van der Waals surface area contributed by atoms with E-state index in [1.54, 1.807) is 0 Å². The number of hydrogen-bond acceptors (Lipinski definition) is 1. The lowest BCUT2D eigenvalue weighted by atomic mass is 9.88. The van der Waals surface area contributed by atoms with Gasteiger partial charge in [-0.25, -0.2) is 0 Å². The lowest BCUT2D eigenvalue weighted by molar-refractivity contribution is 0.521. The van der Waals surface area contributed by atoms with Gasteiger partial charge >= 0.3 is 0 Å². The van der Waals surface area contributed by atoms with Crippen molar-refractivity contribution >= 4 is 11.6 Å². The van der Waals surface area contributed by atoms with Gasteiger partial charge in [0.2, 0.25) is 0 Å². The summed E-state index contributed by atoms with van der Waals surface area (Å²) in [7, 11) is 0. The second kappa shape index (κ2) is 5.83. The van der Waals surface area contributed by atoms with Gasteiger partial charge in [-0.15, -0.1) is 0 Å². The van der Waals surface area contributed by atoms with E-state index in [2.05, 4.69) is 62.4 Å². The van der Waals surface area contributed by atoms with Crippen LogP contribution in [0.4, 0.5) is 0 Å². The Morgan fingerprint density at radius 1 is 1.00 bits per heavy atom. The molecule has 3 aromatic rings. The molecule has 24 heavy (non-hydrogen) atoms. The molecule has 1 heterocycles. The van der Waals surface area contributed by atoms with Crippen LogP contribution in [-0.4, -0.2) is 0 Å². The van der Waals surface area contributed by atoms with Gasteiger partial charge in [0.25, 0.3) is 0 Å². The van der Waals surface area contributed by atoms with Crippen LogP contribution in [0.15, 0.2) is 52.9 Å². The Hall–Kier alpha value is -2.54. The zero-order valence-electron chi connectivity index (χ0n) is 14.5. The van der Waals surface area contributed by atoms with Crippen molar-refractivity contribution in [3.05, 3.63) is 82.3 Å². The van der Waals surface area contributed by atoms with Crippen LogP contribution in [0.1, 0.15) is 40.7 Å². The predicted molar refractivity (Wildman–Crippen MR) is 101 cm³/mol. The number of hydrogen-bond donors (Lipinski definition) is 0. The Balaban J connectivity index is 1.91. The van der Waals surface area contributed by atoms with E-state index in [9.17, 15) is 0 Å². The molecule has 0 atom stereocenters. The highest BCUT2D eigenvalue weighted by atomic mass is 16.3. The maximum absolute atomic E-state index is 5.86. The van der Waals surface area contributed by atoms with E-state index in [-0.39, 0.29) is 0 Å². The molecule has 0 fully saturated rings. The van der Waals surface area contributed by atoms with Crippen LogP contribution in [0.2, 0.25) is 0 Å². The highest BCUT2D eigenvalue weighted by molar-refractivity contribution is 5.94. The van der Waals surface area contributed by atoms with Crippen LogP contribution in [-0.2, 0) is 12.8 Å². The lowest BCUT2D eigenvalue weighted by Crippen LogP contribution is -1.97. The molecule has 120 valence electrons. The third-order valence-electron chi connectivity index (χ3n) is 5.02. The molecule has 2 aromatic carbocycles. The molecular weight excluding hydrogens is 292 g/mol. The summed E-state index contributed by atoms with van der Waals surface area (Å²) in [5, 5.41) is 0. The maximum Gasteiger partial charge on any atom is 0.130 e. The summed E-state index contributed by atoms with van der Waals surface area (Å²) in [6.45, 7) is 6.49. The summed E-state index contributed by atoms with van der Waals surface area (Å²) >= 11 is 0. The summed E-state index contributed by atoms with van der Waals surface area (Å²) in [5.74, 6) is 1.97. The molecule has 1 aromatic heterocycles. The van der Waals surface area contributed by atoms with Crippen molar-refractivity contribution < 1.29 is 4.42 Å². The van der Waals surface area contributed by atoms with E-state index < -0.39 is 0 Å². The minimum absolute atomic E-state index is 0.954. The fourth-order valence-electron chi connectivity index (χ4n) is 3.77. The second-order valence-electron chi connectivity index (χ2n) is 6.58. The van der Waals surface area contributed by atoms with Gasteiger partial charge in [-0.1, -0.05) is 43.3 Å². The molecule has 1 aliphatic rings. The van der Waals surface area contributed by atoms with Crippen molar-refractivity contribution in [2.45, 2.75) is 33.6 Å². The first kappa shape index (κ1) is 15.0. The average Bonchev–Trinajstić information content (AvgIpc) is 3.21. The molecule has 0 spiro atoms. The topological polar surface area (TPSA) is 13.1 Å². The van der Waals surface area contributed by atoms with Crippen LogP contribution >= 0.6 is 0 Å². The molecule has 0 unspecified atom stereocenters. The molecule has 0 saturated carbocycles. The molecule has 0 bridgehead atoms. The number of aryl methyl sites for hydroxylation is 2. The molecule has 1 nitrogen and oxygen atoms in total. The number of allylic oxidation sites excluding steroid dienone is 1. The Bertz CT molecular complexity index is 926. The number of furan rings is 1. The fourth-order valence-corrected chi connectivity index (χ4v) is 3.77. The van der Waals surface area contributed by atoms with E-state index in [0.29, 0.717) is 0 Å². The van der Waals surface area contributed by atoms with E-state index in [1.807, 2.05) is 13.0 Å². The molecule has 0 saturated heterocycles. The van der Waals surface area contributed by atoms with Gasteiger partial charge in [0.1, 0.15) is 11.5 Å². The standard InChI is InChI=1S/C23H22O/c1-4-17-12-19-13-20(22-11-10-15(2)24-22)14-21(19)23(16(17)3)18-8-6-5-7-9-18/h5-12,14H,4,13H2,1-3H3. The molecule has 1 heteroatoms. The first-order valence-electron chi connectivity index (χ1n) is 8.65. The molecule has 0 aliphatic heterocycles. The highest BCUT2D eigenvalue weighted by Crippen LogP contribution is 2.41. The zero-order chi connectivity index (χ0) is 16.7. The number of rotatable bonds is 3. The van der Waals surface area contributed by atoms with Gasteiger partial charge in [-0.3, -0.25) is 0 Å². The van der Waals surface area contributed by atoms with Gasteiger partial charge in [-0.2, -0.15) is 0 Å². The highest BCUT2D eigenvalue weighted by Gasteiger charge is 2.22. The fraction of sp³-hybridized carbons (Fsp3) is 0.217. The van der Waals surface area contributed by atoms with Crippen molar-refractivity contribution in [2.75, 3.05) is 0 Å². The minimum atomic E-state index is 0.954. The summed E-state index contributed by atoms with van der Waals surface area (Å²) in [6.07, 6.45) is 4.34. The monoisotopic (exact) mass is 314 g/mol. The summed E-state index contributed by atoms with van der Waals surface area (Å²) in [6, 6.07) is 17.3. The van der Waals surface area contributed by atoms with Crippen molar-refractivity contribution in [1.29, 1.82) is 0 Å². The lowest BCUT2D eigenvalue weighted by Gasteiger charge is -2.16. The summed E-state index contributed by atoms with van der Waals surface area (Å²) < 4.78 is 5.86. The number of fused-ring (bicyclic) bond motifs is 1. The molecule has 0 N–H and O–H groups in total. The van der Waals surface area contributed by atoms with Crippen LogP contribution in [0, 0.1) is 13.8 Å². The van der Waals surface area contributed by atoms with Crippen LogP contribution in [0.5, 0.6) is 0 Å². The molecule has 4 rings (SSSR count). The van der Waals surface area contributed by atoms with Crippen molar-refractivity contribution in [3.8, 4) is 11.1 Å². The largest absolute Gasteiger partial charge is 0.462 e. The summed E-state index contributed by atoms with van der Waals surface area (Å²) in [5.41, 5.74) is 9.58. The normalized spacial score (nSPS) is 13.0. The molecule has 0 amide bonds. The van der Waals surface area contributed by atoms with Crippen molar-refractivity contribution in [2.24, 2.45) is 0 Å². The summed E-state index contributed by atoms with van der Waals surface area (Å²) in [4.78, 5) is 0. The van der Waals surface area contributed by atoms with Crippen molar-refractivity contribution in [3.63, 3.8) is 0 Å². The molecule has 1 aliphatic carbocycles. The van der Waals surface area contributed by atoms with Gasteiger partial charge in [0.15, 0.2) is 0 Å². The molecule has 0 radical (unpaired) electrons. The quantitative estimate of drug-likeness (QED) is 0.559. The first-order chi connectivity index (χ1) is 11.7. The minimum Gasteiger partial charge on any atom is -0.462 e. The Labute approximate surface area is 143 Å². The third kappa shape index (κ3) is 2.41. The van der Waals surface area contributed by atoms with Crippen LogP contribution in [0.25, 0.3) is 22.8 Å². The third-order valence-corrected chi connectivity index (χ3v) is 5.02. The first-order valence-corrected chi connectivity index (χ1v) is 8.65. The Morgan fingerprint density at radius 3 is 2.46 bits per heavy atom. The smallest absolute Gasteiger partial charge is 0.130 e. The van der Waals surface area contributed by atoms with Gasteiger partial charge in [-0.05, 0) is 77.4 Å². The van der Waals surface area contributed by atoms with Gasteiger partial charge in [0.05, 0.1) is 0 Å². The predicted octanol–water partition coefficient (Wildman–Crippen LogP) is 6.22. The van der Waals surface area contributed by atoms with E-state index in [4.69, 9.17) is 4.42 Å². The van der Waals surface area contributed by atoms with Crippen molar-refractivity contribution in [1.82, 2.24) is 0 Å². The second-order valence-corrected chi connectivity index (χ2v) is 6.58. The zero-order valence-corrected chi connectivity index (χ0v) is 14.5. The SMILES string of the molecule is CCc1cc2c(c(-c3ccccc3)c1C)C=C(c1ccc(C)o1)C2. The molecular formula is C23H22O. The Morgan fingerprint density at radius 2 is 1.79 bits per heavy atom. The average molecular weight is 314 g/mol. The van der Waals surface area contributed by atoms with Crippen LogP contribution in [0.3, 0.4) is 0 Å². The van der Waals surface area contributed by atoms with Gasteiger partial charge in [0, 0.05) is 6.42 Å². The number of benzene rings is 2. The Kier molecular flexibility index (Phi) is 3.65.